The van der Waals surface area contributed by atoms with Gasteiger partial charge >= 0.3 is 6.03 Å². The molecule has 16 heavy (non-hydrogen) atoms. The second kappa shape index (κ2) is 4.29. The molecule has 90 valence electrons. The van der Waals surface area contributed by atoms with Gasteiger partial charge in [-0.25, -0.2) is 4.79 Å². The van der Waals surface area contributed by atoms with E-state index in [9.17, 15) is 9.59 Å². The first-order valence-electron chi connectivity index (χ1n) is 5.72. The van der Waals surface area contributed by atoms with E-state index in [2.05, 4.69) is 5.32 Å². The highest BCUT2D eigenvalue weighted by Gasteiger charge is 2.37. The number of nitrogens with two attached hydrogens (primary N) is 1. The SMILES string of the molecule is CCC(N)C(=O)N1CCN2C(=O)NCC2C1. The Morgan fingerprint density at radius 1 is 1.62 bits per heavy atom. The molecule has 3 amide bonds. The number of carbonyl (C=O) groups is 2. The fraction of sp³-hybridized carbons (Fsp3) is 0.800. The summed E-state index contributed by atoms with van der Waals surface area (Å²) >= 11 is 0. The summed E-state index contributed by atoms with van der Waals surface area (Å²) in [5.74, 6) is 0.00139. The van der Waals surface area contributed by atoms with Gasteiger partial charge in [0.05, 0.1) is 12.1 Å². The lowest BCUT2D eigenvalue weighted by molar-refractivity contribution is -0.134. The molecule has 0 radical (unpaired) electrons. The van der Waals surface area contributed by atoms with E-state index < -0.39 is 6.04 Å². The highest BCUT2D eigenvalue weighted by atomic mass is 16.2. The second-order valence-corrected chi connectivity index (χ2v) is 4.33. The van der Waals surface area contributed by atoms with Crippen LogP contribution in [0.25, 0.3) is 0 Å². The zero-order valence-corrected chi connectivity index (χ0v) is 9.48. The molecule has 0 aromatic heterocycles. The third-order valence-corrected chi connectivity index (χ3v) is 3.30. The van der Waals surface area contributed by atoms with Crippen molar-refractivity contribution in [3.05, 3.63) is 0 Å². The van der Waals surface area contributed by atoms with E-state index in [4.69, 9.17) is 5.73 Å². The van der Waals surface area contributed by atoms with Gasteiger partial charge in [-0.15, -0.1) is 0 Å². The summed E-state index contributed by atoms with van der Waals surface area (Å²) in [4.78, 5) is 26.8. The number of nitrogens with zero attached hydrogens (tertiary/aromatic N) is 2. The molecule has 0 aromatic rings. The van der Waals surface area contributed by atoms with Gasteiger partial charge in [0, 0.05) is 26.2 Å². The Labute approximate surface area is 94.7 Å². The van der Waals surface area contributed by atoms with E-state index in [1.807, 2.05) is 6.92 Å². The normalized spacial score (nSPS) is 26.4. The Bertz CT molecular complexity index is 307. The molecule has 2 rings (SSSR count). The molecule has 0 aromatic carbocycles. The summed E-state index contributed by atoms with van der Waals surface area (Å²) < 4.78 is 0. The van der Waals surface area contributed by atoms with E-state index in [-0.39, 0.29) is 18.0 Å². The second-order valence-electron chi connectivity index (χ2n) is 4.33. The molecule has 0 bridgehead atoms. The summed E-state index contributed by atoms with van der Waals surface area (Å²) in [6, 6.07) is -0.303. The van der Waals surface area contributed by atoms with Gasteiger partial charge in [0.25, 0.3) is 0 Å². The zero-order chi connectivity index (χ0) is 11.7. The molecule has 0 spiro atoms. The van der Waals surface area contributed by atoms with Crippen LogP contribution in [0.4, 0.5) is 4.79 Å². The Balaban J connectivity index is 1.96. The van der Waals surface area contributed by atoms with E-state index in [1.165, 1.54) is 0 Å². The smallest absolute Gasteiger partial charge is 0.317 e. The molecular formula is C10H18N4O2. The maximum absolute atomic E-state index is 11.9. The van der Waals surface area contributed by atoms with Crippen LogP contribution in [0.5, 0.6) is 0 Å². The van der Waals surface area contributed by atoms with Crippen LogP contribution in [-0.4, -0.2) is 60.0 Å². The fourth-order valence-electron chi connectivity index (χ4n) is 2.21. The van der Waals surface area contributed by atoms with Crippen molar-refractivity contribution in [3.63, 3.8) is 0 Å². The Morgan fingerprint density at radius 2 is 2.38 bits per heavy atom. The van der Waals surface area contributed by atoms with Gasteiger partial charge in [0.15, 0.2) is 0 Å². The van der Waals surface area contributed by atoms with Gasteiger partial charge in [-0.3, -0.25) is 4.79 Å². The van der Waals surface area contributed by atoms with Gasteiger partial charge in [-0.2, -0.15) is 0 Å². The lowest BCUT2D eigenvalue weighted by Crippen LogP contribution is -2.56. The van der Waals surface area contributed by atoms with E-state index >= 15 is 0 Å². The highest BCUT2D eigenvalue weighted by Crippen LogP contribution is 2.14. The third-order valence-electron chi connectivity index (χ3n) is 3.30. The molecular weight excluding hydrogens is 208 g/mol. The summed E-state index contributed by atoms with van der Waals surface area (Å²) in [6.45, 7) is 4.34. The van der Waals surface area contributed by atoms with Crippen molar-refractivity contribution in [1.29, 1.82) is 0 Å². The number of carbonyl (C=O) groups excluding carboxylic acids is 2. The van der Waals surface area contributed by atoms with Gasteiger partial charge in [0.2, 0.25) is 5.91 Å². The molecule has 0 saturated carbocycles. The Kier molecular flexibility index (Phi) is 3.00. The molecule has 0 aliphatic carbocycles. The van der Waals surface area contributed by atoms with E-state index in [0.717, 1.165) is 0 Å². The zero-order valence-electron chi connectivity index (χ0n) is 9.48. The third kappa shape index (κ3) is 1.84. The maximum Gasteiger partial charge on any atom is 0.317 e. The van der Waals surface area contributed by atoms with Crippen LogP contribution in [0, 0.1) is 0 Å². The number of piperazine rings is 1. The monoisotopic (exact) mass is 226 g/mol. The minimum absolute atomic E-state index is 0.00139. The van der Waals surface area contributed by atoms with Crippen LogP contribution in [0.3, 0.4) is 0 Å². The van der Waals surface area contributed by atoms with Gasteiger partial charge in [-0.05, 0) is 6.42 Å². The van der Waals surface area contributed by atoms with Crippen molar-refractivity contribution in [2.75, 3.05) is 26.2 Å². The summed E-state index contributed by atoms with van der Waals surface area (Å²) in [6.07, 6.45) is 0.654. The van der Waals surface area contributed by atoms with Crippen molar-refractivity contribution in [2.24, 2.45) is 5.73 Å². The number of nitrogens with one attached hydrogen (secondary N) is 1. The van der Waals surface area contributed by atoms with E-state index in [1.54, 1.807) is 9.80 Å². The minimum atomic E-state index is -0.406. The average molecular weight is 226 g/mol. The minimum Gasteiger partial charge on any atom is -0.337 e. The standard InChI is InChI=1S/C10H18N4O2/c1-2-8(11)9(15)13-3-4-14-7(6-13)5-12-10(14)16/h7-8H,2-6,11H2,1H3,(H,12,16). The van der Waals surface area contributed by atoms with Crippen LogP contribution >= 0.6 is 0 Å². The Hall–Kier alpha value is -1.30. The van der Waals surface area contributed by atoms with Crippen LogP contribution in [0.2, 0.25) is 0 Å². The number of urea groups is 1. The molecule has 2 saturated heterocycles. The molecule has 2 heterocycles. The summed E-state index contributed by atoms with van der Waals surface area (Å²) in [5.41, 5.74) is 5.72. The predicted molar refractivity (Wildman–Crippen MR) is 58.7 cm³/mol. The van der Waals surface area contributed by atoms with Gasteiger partial charge in [0.1, 0.15) is 0 Å². The highest BCUT2D eigenvalue weighted by molar-refractivity contribution is 5.82. The maximum atomic E-state index is 11.9. The topological polar surface area (TPSA) is 78.7 Å². The molecule has 6 heteroatoms. The average Bonchev–Trinajstić information content (AvgIpc) is 2.68. The molecule has 2 fully saturated rings. The van der Waals surface area contributed by atoms with Crippen LogP contribution in [0.15, 0.2) is 0 Å². The molecule has 2 aliphatic heterocycles. The van der Waals surface area contributed by atoms with Crippen LogP contribution in [-0.2, 0) is 4.79 Å². The summed E-state index contributed by atoms with van der Waals surface area (Å²) in [5, 5.41) is 2.78. The lowest BCUT2D eigenvalue weighted by atomic mass is 10.1. The largest absolute Gasteiger partial charge is 0.337 e. The predicted octanol–water partition coefficient (Wildman–Crippen LogP) is -1.04. The van der Waals surface area contributed by atoms with Crippen LogP contribution in [0.1, 0.15) is 13.3 Å². The van der Waals surface area contributed by atoms with Gasteiger partial charge < -0.3 is 20.9 Å². The Morgan fingerprint density at radius 3 is 3.06 bits per heavy atom. The van der Waals surface area contributed by atoms with Crippen molar-refractivity contribution >= 4 is 11.9 Å². The van der Waals surface area contributed by atoms with Crippen molar-refractivity contribution in [3.8, 4) is 0 Å². The first-order chi connectivity index (χ1) is 7.63. The number of fused-ring (bicyclic) bond motifs is 1. The molecule has 2 unspecified atom stereocenters. The van der Waals surface area contributed by atoms with Gasteiger partial charge in [-0.1, -0.05) is 6.92 Å². The van der Waals surface area contributed by atoms with Crippen molar-refractivity contribution in [1.82, 2.24) is 15.1 Å². The molecule has 2 aliphatic rings. The number of hydrogen-bond donors (Lipinski definition) is 2. The quantitative estimate of drug-likeness (QED) is 0.631. The lowest BCUT2D eigenvalue weighted by Gasteiger charge is -2.37. The van der Waals surface area contributed by atoms with E-state index in [0.29, 0.717) is 32.6 Å². The first kappa shape index (κ1) is 11.2. The number of amides is 3. The van der Waals surface area contributed by atoms with Crippen LogP contribution < -0.4 is 11.1 Å². The van der Waals surface area contributed by atoms with Crippen molar-refractivity contribution < 1.29 is 9.59 Å². The fourth-order valence-corrected chi connectivity index (χ4v) is 2.21. The molecule has 6 nitrogen and oxygen atoms in total. The summed E-state index contributed by atoms with van der Waals surface area (Å²) in [7, 11) is 0. The number of rotatable bonds is 2. The molecule has 3 N–H and O–H groups in total. The van der Waals surface area contributed by atoms with Crippen molar-refractivity contribution in [2.45, 2.75) is 25.4 Å². The first-order valence-corrected chi connectivity index (χ1v) is 5.72. The number of hydrogen-bond acceptors (Lipinski definition) is 3. The molecule has 2 atom stereocenters.